The highest BCUT2D eigenvalue weighted by Crippen LogP contribution is 2.21. The van der Waals surface area contributed by atoms with Gasteiger partial charge in [-0.3, -0.25) is 0 Å². The molecular formula is C14H16N2. The Kier molecular flexibility index (Phi) is 2.41. The standard InChI is InChI=1S/C14H16N2/c1-3-13(15-9-1)11-5-7-12(8-6-11)14-4-2-10-16-14/h3-8,15-16H,1-2,9-10H2. The Morgan fingerprint density at radius 2 is 1.12 bits per heavy atom. The minimum Gasteiger partial charge on any atom is -0.385 e. The summed E-state index contributed by atoms with van der Waals surface area (Å²) < 4.78 is 0. The van der Waals surface area contributed by atoms with Gasteiger partial charge < -0.3 is 10.6 Å². The van der Waals surface area contributed by atoms with E-state index in [9.17, 15) is 0 Å². The first-order valence-corrected chi connectivity index (χ1v) is 5.92. The van der Waals surface area contributed by atoms with E-state index < -0.39 is 0 Å². The molecule has 2 aliphatic rings. The molecule has 0 aliphatic carbocycles. The Morgan fingerprint density at radius 3 is 1.44 bits per heavy atom. The number of nitrogens with one attached hydrogen (secondary N) is 2. The molecule has 0 saturated carbocycles. The van der Waals surface area contributed by atoms with Gasteiger partial charge in [-0.05, 0) is 24.0 Å². The van der Waals surface area contributed by atoms with E-state index >= 15 is 0 Å². The molecule has 2 heteroatoms. The average Bonchev–Trinajstić information content (AvgIpc) is 3.03. The highest BCUT2D eigenvalue weighted by Gasteiger charge is 2.08. The first-order chi connectivity index (χ1) is 7.93. The Hall–Kier alpha value is -1.70. The van der Waals surface area contributed by atoms with Gasteiger partial charge in [0.2, 0.25) is 0 Å². The largest absolute Gasteiger partial charge is 0.385 e. The topological polar surface area (TPSA) is 24.1 Å². The van der Waals surface area contributed by atoms with E-state index in [1.54, 1.807) is 0 Å². The highest BCUT2D eigenvalue weighted by atomic mass is 14.9. The lowest BCUT2D eigenvalue weighted by molar-refractivity contribution is 0.926. The Balaban J connectivity index is 1.84. The van der Waals surface area contributed by atoms with Gasteiger partial charge in [-0.15, -0.1) is 0 Å². The van der Waals surface area contributed by atoms with Crippen LogP contribution in [0.4, 0.5) is 0 Å². The molecule has 1 aromatic carbocycles. The number of rotatable bonds is 2. The van der Waals surface area contributed by atoms with Crippen LogP contribution in [0, 0.1) is 0 Å². The van der Waals surface area contributed by atoms with E-state index in [-0.39, 0.29) is 0 Å². The molecule has 0 amide bonds. The van der Waals surface area contributed by atoms with Crippen molar-refractivity contribution in [3.8, 4) is 0 Å². The Bertz CT molecular complexity index is 397. The molecule has 2 aliphatic heterocycles. The van der Waals surface area contributed by atoms with Crippen molar-refractivity contribution in [2.75, 3.05) is 13.1 Å². The van der Waals surface area contributed by atoms with E-state index in [0.717, 1.165) is 25.9 Å². The zero-order valence-corrected chi connectivity index (χ0v) is 9.29. The summed E-state index contributed by atoms with van der Waals surface area (Å²) in [7, 11) is 0. The smallest absolute Gasteiger partial charge is 0.0374 e. The lowest BCUT2D eigenvalue weighted by Crippen LogP contribution is -2.07. The zero-order chi connectivity index (χ0) is 10.8. The lowest BCUT2D eigenvalue weighted by Gasteiger charge is -2.07. The van der Waals surface area contributed by atoms with Crippen molar-refractivity contribution in [2.24, 2.45) is 0 Å². The van der Waals surface area contributed by atoms with Crippen molar-refractivity contribution in [3.05, 3.63) is 47.5 Å². The summed E-state index contributed by atoms with van der Waals surface area (Å²) in [5.41, 5.74) is 5.14. The van der Waals surface area contributed by atoms with Crippen molar-refractivity contribution < 1.29 is 0 Å². The highest BCUT2D eigenvalue weighted by molar-refractivity contribution is 5.70. The van der Waals surface area contributed by atoms with E-state index in [0.29, 0.717) is 0 Å². The fraction of sp³-hybridized carbons (Fsp3) is 0.286. The quantitative estimate of drug-likeness (QED) is 0.786. The second-order valence-electron chi connectivity index (χ2n) is 4.24. The van der Waals surface area contributed by atoms with Crippen LogP contribution in [0.15, 0.2) is 36.4 Å². The van der Waals surface area contributed by atoms with E-state index in [1.807, 2.05) is 0 Å². The molecular weight excluding hydrogens is 196 g/mol. The second-order valence-corrected chi connectivity index (χ2v) is 4.24. The third kappa shape index (κ3) is 1.71. The fourth-order valence-corrected chi connectivity index (χ4v) is 2.26. The van der Waals surface area contributed by atoms with Gasteiger partial charge in [0.05, 0.1) is 0 Å². The summed E-state index contributed by atoms with van der Waals surface area (Å²) in [4.78, 5) is 0. The molecule has 0 bridgehead atoms. The van der Waals surface area contributed by atoms with Crippen molar-refractivity contribution >= 4 is 11.4 Å². The molecule has 82 valence electrons. The van der Waals surface area contributed by atoms with Gasteiger partial charge in [0.15, 0.2) is 0 Å². The third-order valence-corrected chi connectivity index (χ3v) is 3.12. The van der Waals surface area contributed by atoms with Crippen LogP contribution >= 0.6 is 0 Å². The Labute approximate surface area is 96.1 Å². The number of hydrogen-bond acceptors (Lipinski definition) is 2. The van der Waals surface area contributed by atoms with E-state index in [2.05, 4.69) is 47.1 Å². The number of benzene rings is 1. The molecule has 0 unspecified atom stereocenters. The summed E-state index contributed by atoms with van der Waals surface area (Å²) in [5.74, 6) is 0. The lowest BCUT2D eigenvalue weighted by atomic mass is 10.1. The summed E-state index contributed by atoms with van der Waals surface area (Å²) in [6.07, 6.45) is 6.82. The zero-order valence-electron chi connectivity index (χ0n) is 9.29. The number of hydrogen-bond donors (Lipinski definition) is 2. The molecule has 2 heterocycles. The van der Waals surface area contributed by atoms with E-state index in [4.69, 9.17) is 0 Å². The minimum atomic E-state index is 1.07. The molecule has 0 saturated heterocycles. The predicted octanol–water partition coefficient (Wildman–Crippen LogP) is 2.36. The maximum atomic E-state index is 3.39. The predicted molar refractivity (Wildman–Crippen MR) is 67.6 cm³/mol. The summed E-state index contributed by atoms with van der Waals surface area (Å²) in [5, 5.41) is 6.79. The average molecular weight is 212 g/mol. The molecule has 2 nitrogen and oxygen atoms in total. The van der Waals surface area contributed by atoms with Crippen LogP contribution in [-0.2, 0) is 0 Å². The molecule has 3 rings (SSSR count). The van der Waals surface area contributed by atoms with Gasteiger partial charge in [0, 0.05) is 24.5 Å². The van der Waals surface area contributed by atoms with Gasteiger partial charge in [-0.2, -0.15) is 0 Å². The molecule has 0 fully saturated rings. The normalized spacial score (nSPS) is 18.8. The van der Waals surface area contributed by atoms with Crippen molar-refractivity contribution in [2.45, 2.75) is 12.8 Å². The van der Waals surface area contributed by atoms with Crippen LogP contribution in [-0.4, -0.2) is 13.1 Å². The summed E-state index contributed by atoms with van der Waals surface area (Å²) >= 11 is 0. The van der Waals surface area contributed by atoms with Crippen LogP contribution in [0.2, 0.25) is 0 Å². The minimum absolute atomic E-state index is 1.07. The van der Waals surface area contributed by atoms with Gasteiger partial charge >= 0.3 is 0 Å². The maximum Gasteiger partial charge on any atom is 0.0374 e. The van der Waals surface area contributed by atoms with Crippen LogP contribution in [0.1, 0.15) is 24.0 Å². The second kappa shape index (κ2) is 4.05. The van der Waals surface area contributed by atoms with Gasteiger partial charge in [0.25, 0.3) is 0 Å². The van der Waals surface area contributed by atoms with Crippen molar-refractivity contribution in [1.29, 1.82) is 0 Å². The summed E-state index contributed by atoms with van der Waals surface area (Å²) in [6, 6.07) is 8.78. The first kappa shape index (κ1) is 9.52. The van der Waals surface area contributed by atoms with Crippen molar-refractivity contribution in [1.82, 2.24) is 10.6 Å². The van der Waals surface area contributed by atoms with Crippen LogP contribution in [0.5, 0.6) is 0 Å². The van der Waals surface area contributed by atoms with E-state index in [1.165, 1.54) is 22.5 Å². The van der Waals surface area contributed by atoms with Gasteiger partial charge in [0.1, 0.15) is 0 Å². The molecule has 0 aromatic heterocycles. The SMILES string of the molecule is C1=C(c2ccc(C3=CCCN3)cc2)NCC1. The van der Waals surface area contributed by atoms with Crippen LogP contribution in [0.25, 0.3) is 11.4 Å². The summed E-state index contributed by atoms with van der Waals surface area (Å²) in [6.45, 7) is 2.15. The first-order valence-electron chi connectivity index (χ1n) is 5.92. The maximum absolute atomic E-state index is 3.39. The van der Waals surface area contributed by atoms with Crippen molar-refractivity contribution in [3.63, 3.8) is 0 Å². The fourth-order valence-electron chi connectivity index (χ4n) is 2.26. The van der Waals surface area contributed by atoms with Gasteiger partial charge in [-0.1, -0.05) is 36.4 Å². The monoisotopic (exact) mass is 212 g/mol. The van der Waals surface area contributed by atoms with Gasteiger partial charge in [-0.25, -0.2) is 0 Å². The molecule has 1 aromatic rings. The molecule has 0 atom stereocenters. The molecule has 16 heavy (non-hydrogen) atoms. The molecule has 0 spiro atoms. The Morgan fingerprint density at radius 1 is 0.688 bits per heavy atom. The molecule has 2 N–H and O–H groups in total. The van der Waals surface area contributed by atoms with Crippen LogP contribution in [0.3, 0.4) is 0 Å². The van der Waals surface area contributed by atoms with Crippen LogP contribution < -0.4 is 10.6 Å². The third-order valence-electron chi connectivity index (χ3n) is 3.12. The molecule has 0 radical (unpaired) electrons.